The molecule has 94 valence electrons. The van der Waals surface area contributed by atoms with Crippen LogP contribution in [-0.4, -0.2) is 29.6 Å². The Hall–Kier alpha value is -2.06. The summed E-state index contributed by atoms with van der Waals surface area (Å²) in [4.78, 5) is 0.792. The zero-order valence-electron chi connectivity index (χ0n) is 9.89. The molecule has 4 aromatic heterocycles. The number of fused-ring (bicyclic) bond motifs is 1. The van der Waals surface area contributed by atoms with Crippen LogP contribution in [0.1, 0.15) is 0 Å². The molecule has 0 amide bonds. The molecule has 0 saturated heterocycles. The molecule has 4 heterocycles. The van der Waals surface area contributed by atoms with E-state index in [2.05, 4.69) is 20.4 Å². The molecular weight excluding hydrogens is 280 g/mol. The molecule has 0 saturated carbocycles. The summed E-state index contributed by atoms with van der Waals surface area (Å²) in [5.74, 6) is 0.780. The molecular formula is C11H8N6S2. The van der Waals surface area contributed by atoms with Crippen molar-refractivity contribution in [2.45, 2.75) is 0 Å². The zero-order chi connectivity index (χ0) is 12.8. The maximum atomic E-state index is 4.57. The van der Waals surface area contributed by atoms with Gasteiger partial charge in [-0.05, 0) is 11.4 Å². The van der Waals surface area contributed by atoms with Crippen LogP contribution < -0.4 is 0 Å². The molecule has 19 heavy (non-hydrogen) atoms. The maximum Gasteiger partial charge on any atom is 0.235 e. The van der Waals surface area contributed by atoms with Crippen LogP contribution in [0.2, 0.25) is 0 Å². The van der Waals surface area contributed by atoms with E-state index in [9.17, 15) is 0 Å². The van der Waals surface area contributed by atoms with Crippen LogP contribution in [-0.2, 0) is 7.05 Å². The van der Waals surface area contributed by atoms with Gasteiger partial charge in [0.25, 0.3) is 0 Å². The van der Waals surface area contributed by atoms with Gasteiger partial charge in [0, 0.05) is 24.2 Å². The van der Waals surface area contributed by atoms with Crippen molar-refractivity contribution in [3.63, 3.8) is 0 Å². The number of rotatable bonds is 2. The Kier molecular flexibility index (Phi) is 2.26. The Bertz CT molecular complexity index is 838. The first-order chi connectivity index (χ1) is 9.31. The zero-order valence-corrected chi connectivity index (χ0v) is 11.5. The minimum absolute atomic E-state index is 0.780. The number of aromatic nitrogens is 6. The predicted octanol–water partition coefficient (Wildman–Crippen LogP) is 2.31. The van der Waals surface area contributed by atoms with Crippen LogP contribution in [0.25, 0.3) is 26.9 Å². The molecule has 0 aromatic carbocycles. The van der Waals surface area contributed by atoms with Crippen molar-refractivity contribution in [1.82, 2.24) is 29.6 Å². The Morgan fingerprint density at radius 1 is 1.21 bits per heavy atom. The Morgan fingerprint density at radius 3 is 2.89 bits per heavy atom. The van der Waals surface area contributed by atoms with Crippen LogP contribution in [0.5, 0.6) is 0 Å². The van der Waals surface area contributed by atoms with E-state index in [0.717, 1.165) is 26.9 Å². The average Bonchev–Trinajstić information content (AvgIpc) is 3.11. The lowest BCUT2D eigenvalue weighted by atomic mass is 10.3. The summed E-state index contributed by atoms with van der Waals surface area (Å²) in [5, 5.41) is 22.0. The molecule has 0 fully saturated rings. The molecule has 0 aliphatic heterocycles. The highest BCUT2D eigenvalue weighted by Crippen LogP contribution is 2.28. The van der Waals surface area contributed by atoms with Crippen molar-refractivity contribution in [1.29, 1.82) is 0 Å². The molecule has 0 aliphatic carbocycles. The van der Waals surface area contributed by atoms with E-state index in [1.807, 2.05) is 30.1 Å². The highest BCUT2D eigenvalue weighted by Gasteiger charge is 2.15. The number of hydrogen-bond donors (Lipinski definition) is 0. The number of hydrogen-bond acceptors (Lipinski definition) is 6. The molecule has 4 aromatic rings. The van der Waals surface area contributed by atoms with Gasteiger partial charge in [0.15, 0.2) is 10.8 Å². The van der Waals surface area contributed by atoms with Gasteiger partial charge in [-0.1, -0.05) is 11.3 Å². The summed E-state index contributed by atoms with van der Waals surface area (Å²) in [6.45, 7) is 0. The summed E-state index contributed by atoms with van der Waals surface area (Å²) < 4.78 is 3.55. The van der Waals surface area contributed by atoms with E-state index in [0.29, 0.717) is 0 Å². The third-order valence-corrected chi connectivity index (χ3v) is 4.35. The Balaban J connectivity index is 1.89. The molecule has 0 unspecified atom stereocenters. The lowest BCUT2D eigenvalue weighted by molar-refractivity contribution is 0.768. The Morgan fingerprint density at radius 2 is 2.16 bits per heavy atom. The van der Waals surface area contributed by atoms with E-state index >= 15 is 0 Å². The number of nitrogens with zero attached hydrogens (tertiary/aromatic N) is 6. The van der Waals surface area contributed by atoms with Crippen LogP contribution in [0.4, 0.5) is 0 Å². The fourth-order valence-corrected chi connectivity index (χ4v) is 3.29. The quantitative estimate of drug-likeness (QED) is 0.568. The van der Waals surface area contributed by atoms with Gasteiger partial charge in [-0.2, -0.15) is 26.0 Å². The number of thiophene rings is 1. The predicted molar refractivity (Wildman–Crippen MR) is 74.2 cm³/mol. The van der Waals surface area contributed by atoms with Gasteiger partial charge >= 0.3 is 0 Å². The van der Waals surface area contributed by atoms with E-state index in [1.165, 1.54) is 11.3 Å². The molecule has 6 nitrogen and oxygen atoms in total. The lowest BCUT2D eigenvalue weighted by Gasteiger charge is -1.90. The van der Waals surface area contributed by atoms with Gasteiger partial charge < -0.3 is 0 Å². The second-order valence-electron chi connectivity index (χ2n) is 4.04. The first kappa shape index (κ1) is 10.8. The topological polar surface area (TPSA) is 60.9 Å². The summed E-state index contributed by atoms with van der Waals surface area (Å²) in [7, 11) is 1.89. The second kappa shape index (κ2) is 3.97. The van der Waals surface area contributed by atoms with Gasteiger partial charge in [0.1, 0.15) is 0 Å². The van der Waals surface area contributed by atoms with Crippen molar-refractivity contribution in [2.24, 2.45) is 7.05 Å². The van der Waals surface area contributed by atoms with E-state index in [1.54, 1.807) is 26.7 Å². The normalized spacial score (nSPS) is 11.4. The molecule has 4 rings (SSSR count). The van der Waals surface area contributed by atoms with Crippen LogP contribution in [0.3, 0.4) is 0 Å². The van der Waals surface area contributed by atoms with Crippen LogP contribution in [0, 0.1) is 0 Å². The fraction of sp³-hybridized carbons (Fsp3) is 0.0909. The third-order valence-electron chi connectivity index (χ3n) is 2.72. The maximum absolute atomic E-state index is 4.57. The summed E-state index contributed by atoms with van der Waals surface area (Å²) in [6.07, 6.45) is 3.74. The Labute approximate surface area is 116 Å². The summed E-state index contributed by atoms with van der Waals surface area (Å²) in [5.41, 5.74) is 2.04. The van der Waals surface area contributed by atoms with Crippen molar-refractivity contribution < 1.29 is 0 Å². The van der Waals surface area contributed by atoms with E-state index in [4.69, 9.17) is 0 Å². The van der Waals surface area contributed by atoms with Crippen LogP contribution >= 0.6 is 22.7 Å². The molecule has 0 N–H and O–H groups in total. The standard InChI is InChI=1S/C11H8N6S2/c1-16-5-8(4-12-16)10-15-17-9(7-2-3-18-6-7)13-14-11(17)19-10/h2-6H,1H3. The smallest absolute Gasteiger partial charge is 0.235 e. The van der Waals surface area contributed by atoms with Gasteiger partial charge in [-0.15, -0.1) is 10.2 Å². The van der Waals surface area contributed by atoms with Crippen LogP contribution in [0.15, 0.2) is 29.2 Å². The van der Waals surface area contributed by atoms with Crippen molar-refractivity contribution in [3.8, 4) is 22.0 Å². The summed E-state index contributed by atoms with van der Waals surface area (Å²) in [6, 6.07) is 2.02. The van der Waals surface area contributed by atoms with Crippen molar-refractivity contribution >= 4 is 27.6 Å². The monoisotopic (exact) mass is 288 g/mol. The minimum Gasteiger partial charge on any atom is -0.275 e. The third kappa shape index (κ3) is 1.68. The first-order valence-corrected chi connectivity index (χ1v) is 7.31. The molecule has 0 aliphatic rings. The molecule has 0 bridgehead atoms. The SMILES string of the molecule is Cn1cc(-c2nn3c(-c4ccsc4)nnc3s2)cn1. The van der Waals surface area contributed by atoms with Gasteiger partial charge in [0.2, 0.25) is 4.96 Å². The van der Waals surface area contributed by atoms with Crippen molar-refractivity contribution in [3.05, 3.63) is 29.2 Å². The minimum atomic E-state index is 0.780. The first-order valence-electron chi connectivity index (χ1n) is 5.55. The second-order valence-corrected chi connectivity index (χ2v) is 5.78. The summed E-state index contributed by atoms with van der Waals surface area (Å²) >= 11 is 3.14. The van der Waals surface area contributed by atoms with E-state index < -0.39 is 0 Å². The number of aryl methyl sites for hydroxylation is 1. The fourth-order valence-electron chi connectivity index (χ4n) is 1.84. The average molecular weight is 288 g/mol. The van der Waals surface area contributed by atoms with Gasteiger partial charge in [0.05, 0.1) is 11.8 Å². The van der Waals surface area contributed by atoms with Gasteiger partial charge in [-0.25, -0.2) is 0 Å². The van der Waals surface area contributed by atoms with Crippen molar-refractivity contribution in [2.75, 3.05) is 0 Å². The molecule has 0 spiro atoms. The molecule has 8 heteroatoms. The molecule has 0 radical (unpaired) electrons. The largest absolute Gasteiger partial charge is 0.275 e. The highest BCUT2D eigenvalue weighted by atomic mass is 32.1. The molecule has 0 atom stereocenters. The lowest BCUT2D eigenvalue weighted by Crippen LogP contribution is -1.89. The van der Waals surface area contributed by atoms with E-state index in [-0.39, 0.29) is 0 Å². The highest BCUT2D eigenvalue weighted by molar-refractivity contribution is 7.19. The van der Waals surface area contributed by atoms with Gasteiger partial charge in [-0.3, -0.25) is 4.68 Å².